The van der Waals surface area contributed by atoms with Crippen LogP contribution in [0.1, 0.15) is 12.0 Å². The molecule has 7 heteroatoms. The smallest absolute Gasteiger partial charge is 0.304 e. The standard InChI is InChI=1S/C19H18ClN3O3/c20-12-5-6-16-14(9-12)19(22-15-3-1-2-4-17(15)26-16)23-8-7-21-13(11-23)10-18(24)25/h1-6,9,13,21H,7-8,10-11H2,(H,24,25). The second-order valence-electron chi connectivity index (χ2n) is 6.34. The van der Waals surface area contributed by atoms with E-state index in [0.29, 0.717) is 29.6 Å². The predicted octanol–water partition coefficient (Wildman–Crippen LogP) is 3.27. The van der Waals surface area contributed by atoms with Gasteiger partial charge in [-0.3, -0.25) is 4.79 Å². The van der Waals surface area contributed by atoms with Gasteiger partial charge in [0.05, 0.1) is 12.0 Å². The van der Waals surface area contributed by atoms with Crippen molar-refractivity contribution in [3.05, 3.63) is 53.1 Å². The van der Waals surface area contributed by atoms with Crippen molar-refractivity contribution in [2.75, 3.05) is 19.6 Å². The van der Waals surface area contributed by atoms with Gasteiger partial charge in [-0.2, -0.15) is 0 Å². The number of hydrogen-bond acceptors (Lipinski definition) is 5. The Labute approximate surface area is 156 Å². The quantitative estimate of drug-likeness (QED) is 0.847. The maximum Gasteiger partial charge on any atom is 0.304 e. The first-order valence-corrected chi connectivity index (χ1v) is 8.83. The second kappa shape index (κ2) is 6.97. The van der Waals surface area contributed by atoms with Gasteiger partial charge in [-0.15, -0.1) is 0 Å². The summed E-state index contributed by atoms with van der Waals surface area (Å²) in [5, 5.41) is 13.0. The molecule has 0 saturated carbocycles. The minimum absolute atomic E-state index is 0.0687. The number of halogens is 1. The number of nitrogens with zero attached hydrogens (tertiary/aromatic N) is 2. The Morgan fingerprint density at radius 2 is 2.15 bits per heavy atom. The minimum atomic E-state index is -0.815. The Bertz CT molecular complexity index is 884. The highest BCUT2D eigenvalue weighted by Crippen LogP contribution is 2.38. The number of carboxylic acid groups (broad SMARTS) is 1. The van der Waals surface area contributed by atoms with Gasteiger partial charge in [-0.25, -0.2) is 4.99 Å². The Hall–Kier alpha value is -2.57. The Kier molecular flexibility index (Phi) is 4.53. The summed E-state index contributed by atoms with van der Waals surface area (Å²) in [6, 6.07) is 12.9. The number of nitrogens with one attached hydrogen (secondary N) is 1. The molecule has 1 atom stereocenters. The molecule has 0 bridgehead atoms. The minimum Gasteiger partial charge on any atom is -0.481 e. The van der Waals surface area contributed by atoms with Gasteiger partial charge < -0.3 is 20.1 Å². The number of hydrogen-bond donors (Lipinski definition) is 2. The lowest BCUT2D eigenvalue weighted by Gasteiger charge is -2.35. The van der Waals surface area contributed by atoms with Crippen molar-refractivity contribution in [1.29, 1.82) is 0 Å². The van der Waals surface area contributed by atoms with E-state index in [-0.39, 0.29) is 12.5 Å². The molecular weight excluding hydrogens is 354 g/mol. The number of rotatable bonds is 2. The van der Waals surface area contributed by atoms with E-state index in [1.807, 2.05) is 36.4 Å². The van der Waals surface area contributed by atoms with Crippen LogP contribution in [0, 0.1) is 0 Å². The number of aliphatic carboxylic acids is 1. The van der Waals surface area contributed by atoms with Gasteiger partial charge in [-0.05, 0) is 30.3 Å². The predicted molar refractivity (Wildman–Crippen MR) is 99.8 cm³/mol. The Morgan fingerprint density at radius 1 is 1.31 bits per heavy atom. The second-order valence-corrected chi connectivity index (χ2v) is 6.78. The molecule has 0 amide bonds. The molecule has 1 fully saturated rings. The maximum absolute atomic E-state index is 11.1. The largest absolute Gasteiger partial charge is 0.481 e. The van der Waals surface area contributed by atoms with Crippen LogP contribution in [-0.2, 0) is 4.79 Å². The lowest BCUT2D eigenvalue weighted by molar-refractivity contribution is -0.137. The zero-order chi connectivity index (χ0) is 18.1. The molecule has 2 aliphatic heterocycles. The number of para-hydroxylation sites is 2. The van der Waals surface area contributed by atoms with E-state index in [0.717, 1.165) is 23.6 Å². The van der Waals surface area contributed by atoms with Crippen LogP contribution in [0.3, 0.4) is 0 Å². The molecule has 0 spiro atoms. The van der Waals surface area contributed by atoms with Gasteiger partial charge in [0, 0.05) is 30.7 Å². The SMILES string of the molecule is O=C(O)CC1CN(C2=Nc3ccccc3Oc3ccc(Cl)cc32)CCN1. The summed E-state index contributed by atoms with van der Waals surface area (Å²) < 4.78 is 6.06. The number of fused-ring (bicyclic) bond motifs is 2. The van der Waals surface area contributed by atoms with Gasteiger partial charge in [0.25, 0.3) is 0 Å². The number of amidine groups is 1. The molecule has 6 nitrogen and oxygen atoms in total. The van der Waals surface area contributed by atoms with Crippen molar-refractivity contribution < 1.29 is 14.6 Å². The summed E-state index contributed by atoms with van der Waals surface area (Å²) in [6.07, 6.45) is 0.0687. The molecule has 2 heterocycles. The normalized spacial score (nSPS) is 18.9. The summed E-state index contributed by atoms with van der Waals surface area (Å²) in [7, 11) is 0. The summed E-state index contributed by atoms with van der Waals surface area (Å²) in [5.74, 6) is 1.31. The van der Waals surface area contributed by atoms with Gasteiger partial charge in [0.15, 0.2) is 5.75 Å². The highest BCUT2D eigenvalue weighted by molar-refractivity contribution is 6.31. The number of carboxylic acids is 1. The molecule has 2 aliphatic rings. The van der Waals surface area contributed by atoms with Crippen molar-refractivity contribution >= 4 is 29.1 Å². The van der Waals surface area contributed by atoms with E-state index in [2.05, 4.69) is 10.2 Å². The molecular formula is C19H18ClN3O3. The maximum atomic E-state index is 11.1. The first-order chi connectivity index (χ1) is 12.6. The number of benzene rings is 2. The van der Waals surface area contributed by atoms with E-state index >= 15 is 0 Å². The van der Waals surface area contributed by atoms with Crippen molar-refractivity contribution in [3.63, 3.8) is 0 Å². The van der Waals surface area contributed by atoms with Gasteiger partial charge >= 0.3 is 5.97 Å². The third kappa shape index (κ3) is 3.38. The molecule has 2 N–H and O–H groups in total. The third-order valence-corrected chi connectivity index (χ3v) is 4.71. The molecule has 1 saturated heterocycles. The average Bonchev–Trinajstić information content (AvgIpc) is 2.78. The average molecular weight is 372 g/mol. The fourth-order valence-electron chi connectivity index (χ4n) is 3.30. The van der Waals surface area contributed by atoms with Gasteiger partial charge in [-0.1, -0.05) is 23.7 Å². The van der Waals surface area contributed by atoms with Gasteiger partial charge in [0.2, 0.25) is 0 Å². The van der Waals surface area contributed by atoms with E-state index < -0.39 is 5.97 Å². The summed E-state index contributed by atoms with van der Waals surface area (Å²) in [4.78, 5) is 18.0. The molecule has 0 radical (unpaired) electrons. The molecule has 134 valence electrons. The fraction of sp³-hybridized carbons (Fsp3) is 0.263. The topological polar surface area (TPSA) is 74.2 Å². The van der Waals surface area contributed by atoms with Crippen LogP contribution in [-0.4, -0.2) is 47.5 Å². The van der Waals surface area contributed by atoms with Crippen LogP contribution < -0.4 is 10.1 Å². The molecule has 26 heavy (non-hydrogen) atoms. The molecule has 2 aromatic rings. The molecule has 0 aliphatic carbocycles. The molecule has 1 unspecified atom stereocenters. The first-order valence-electron chi connectivity index (χ1n) is 8.46. The van der Waals surface area contributed by atoms with Crippen LogP contribution in [0.25, 0.3) is 0 Å². The van der Waals surface area contributed by atoms with Crippen molar-refractivity contribution in [1.82, 2.24) is 10.2 Å². The highest BCUT2D eigenvalue weighted by Gasteiger charge is 2.28. The van der Waals surface area contributed by atoms with Crippen molar-refractivity contribution in [2.24, 2.45) is 4.99 Å². The van der Waals surface area contributed by atoms with Crippen molar-refractivity contribution in [2.45, 2.75) is 12.5 Å². The highest BCUT2D eigenvalue weighted by atomic mass is 35.5. The van der Waals surface area contributed by atoms with Crippen LogP contribution in [0.2, 0.25) is 5.02 Å². The number of piperazine rings is 1. The molecule has 4 rings (SSSR count). The third-order valence-electron chi connectivity index (χ3n) is 4.47. The first kappa shape index (κ1) is 16.9. The number of aliphatic imine (C=N–C) groups is 1. The lowest BCUT2D eigenvalue weighted by Crippen LogP contribution is -2.53. The summed E-state index contributed by atoms with van der Waals surface area (Å²) in [5.41, 5.74) is 1.55. The number of carbonyl (C=O) groups is 1. The van der Waals surface area contributed by atoms with Crippen LogP contribution in [0.5, 0.6) is 11.5 Å². The van der Waals surface area contributed by atoms with E-state index in [1.54, 1.807) is 6.07 Å². The molecule has 0 aromatic heterocycles. The monoisotopic (exact) mass is 371 g/mol. The van der Waals surface area contributed by atoms with Gasteiger partial charge in [0.1, 0.15) is 17.3 Å². The summed E-state index contributed by atoms with van der Waals surface area (Å²) in [6.45, 7) is 1.97. The van der Waals surface area contributed by atoms with E-state index in [4.69, 9.17) is 26.4 Å². The zero-order valence-electron chi connectivity index (χ0n) is 14.0. The van der Waals surface area contributed by atoms with Crippen LogP contribution >= 0.6 is 11.6 Å². The number of ether oxygens (including phenoxy) is 1. The lowest BCUT2D eigenvalue weighted by atomic mass is 10.1. The summed E-state index contributed by atoms with van der Waals surface area (Å²) >= 11 is 6.22. The van der Waals surface area contributed by atoms with Crippen molar-refractivity contribution in [3.8, 4) is 11.5 Å². The van der Waals surface area contributed by atoms with Crippen LogP contribution in [0.15, 0.2) is 47.5 Å². The Morgan fingerprint density at radius 3 is 3.00 bits per heavy atom. The van der Waals surface area contributed by atoms with E-state index in [1.165, 1.54) is 0 Å². The zero-order valence-corrected chi connectivity index (χ0v) is 14.7. The fourth-order valence-corrected chi connectivity index (χ4v) is 3.47. The van der Waals surface area contributed by atoms with E-state index in [9.17, 15) is 4.79 Å². The Balaban J connectivity index is 1.76. The molecule has 2 aromatic carbocycles. The van der Waals surface area contributed by atoms with Crippen LogP contribution in [0.4, 0.5) is 5.69 Å².